The summed E-state index contributed by atoms with van der Waals surface area (Å²) >= 11 is 0. The minimum absolute atomic E-state index is 0.0321. The van der Waals surface area contributed by atoms with Crippen molar-refractivity contribution in [2.75, 3.05) is 13.2 Å². The summed E-state index contributed by atoms with van der Waals surface area (Å²) in [4.78, 5) is 0. The van der Waals surface area contributed by atoms with Crippen LogP contribution in [0.2, 0.25) is 19.1 Å². The van der Waals surface area contributed by atoms with Crippen molar-refractivity contribution in [3.63, 3.8) is 0 Å². The lowest BCUT2D eigenvalue weighted by atomic mass is 10.8. The fraction of sp³-hybridized carbons (Fsp3) is 1.00. The van der Waals surface area contributed by atoms with Crippen LogP contribution in [-0.4, -0.2) is 22.0 Å². The smallest absolute Gasteiger partial charge is 0.0440 e. The molecule has 0 fully saturated rings. The molecule has 0 bridgehead atoms. The molecule has 0 N–H and O–H groups in total. The van der Waals surface area contributed by atoms with Crippen molar-refractivity contribution < 1.29 is 4.74 Å². The average molecular weight is 131 g/mol. The summed E-state index contributed by atoms with van der Waals surface area (Å²) in [5.74, 6) is 0. The maximum absolute atomic E-state index is 5.17. The lowest BCUT2D eigenvalue weighted by Gasteiger charge is -2.00. The monoisotopic (exact) mass is 131 g/mol. The van der Waals surface area contributed by atoms with Crippen LogP contribution in [0.4, 0.5) is 0 Å². The molecule has 0 unspecified atom stereocenters. The third kappa shape index (κ3) is 6.18. The van der Waals surface area contributed by atoms with E-state index in [4.69, 9.17) is 4.74 Å². The first-order chi connectivity index (χ1) is 3.77. The molecule has 2 heteroatoms. The van der Waals surface area contributed by atoms with E-state index in [9.17, 15) is 0 Å². The Kier molecular flexibility index (Phi) is 5.43. The Bertz CT molecular complexity index is 45.8. The van der Waals surface area contributed by atoms with Gasteiger partial charge in [-0.2, -0.15) is 0 Å². The third-order valence-electron chi connectivity index (χ3n) is 0.951. The van der Waals surface area contributed by atoms with Gasteiger partial charge in [-0.1, -0.05) is 13.1 Å². The highest BCUT2D eigenvalue weighted by atomic mass is 28.3. The van der Waals surface area contributed by atoms with E-state index in [2.05, 4.69) is 13.1 Å². The molecule has 0 aromatic rings. The molecule has 0 aromatic heterocycles. The second-order valence-corrected chi connectivity index (χ2v) is 5.07. The molecule has 0 aliphatic heterocycles. The zero-order chi connectivity index (χ0) is 6.41. The van der Waals surface area contributed by atoms with Crippen molar-refractivity contribution >= 4 is 8.80 Å². The van der Waals surface area contributed by atoms with Crippen LogP contribution in [0.1, 0.15) is 6.92 Å². The van der Waals surface area contributed by atoms with Gasteiger partial charge in [0.25, 0.3) is 0 Å². The molecule has 0 saturated heterocycles. The van der Waals surface area contributed by atoms with Gasteiger partial charge in [-0.15, -0.1) is 0 Å². The minimum atomic E-state index is -0.0321. The van der Waals surface area contributed by atoms with Gasteiger partial charge < -0.3 is 4.74 Å². The Balaban J connectivity index is 2.72. The van der Waals surface area contributed by atoms with Gasteiger partial charge in [-0.3, -0.25) is 0 Å². The van der Waals surface area contributed by atoms with Crippen LogP contribution < -0.4 is 0 Å². The van der Waals surface area contributed by atoms with Crippen LogP contribution in [0.5, 0.6) is 0 Å². The molecule has 0 rings (SSSR count). The second kappa shape index (κ2) is 5.32. The summed E-state index contributed by atoms with van der Waals surface area (Å²) in [5, 5.41) is 0. The van der Waals surface area contributed by atoms with Crippen LogP contribution in [0.3, 0.4) is 0 Å². The fourth-order valence-electron chi connectivity index (χ4n) is 0.421. The van der Waals surface area contributed by atoms with E-state index < -0.39 is 0 Å². The second-order valence-electron chi connectivity index (χ2n) is 2.15. The average Bonchev–Trinajstić information content (AvgIpc) is 1.66. The summed E-state index contributed by atoms with van der Waals surface area (Å²) < 4.78 is 5.17. The van der Waals surface area contributed by atoms with Gasteiger partial charge in [-0.25, -0.2) is 0 Å². The SMILES string of the molecule is CCOCC[Si](C)C. The normalized spacial score (nSPS) is 10.5. The molecule has 1 radical (unpaired) electrons. The van der Waals surface area contributed by atoms with Crippen LogP contribution >= 0.6 is 0 Å². The molecule has 0 atom stereocenters. The summed E-state index contributed by atoms with van der Waals surface area (Å²) in [6, 6.07) is 1.29. The lowest BCUT2D eigenvalue weighted by molar-refractivity contribution is 0.161. The molecular formula is C6H15OSi. The maximum Gasteiger partial charge on any atom is 0.0440 e. The van der Waals surface area contributed by atoms with Crippen molar-refractivity contribution in [2.24, 2.45) is 0 Å². The molecular weight excluding hydrogens is 116 g/mol. The summed E-state index contributed by atoms with van der Waals surface area (Å²) in [5.41, 5.74) is 0. The summed E-state index contributed by atoms with van der Waals surface area (Å²) in [6.45, 7) is 8.50. The van der Waals surface area contributed by atoms with E-state index in [-0.39, 0.29) is 8.80 Å². The first kappa shape index (κ1) is 8.18. The van der Waals surface area contributed by atoms with E-state index in [0.717, 1.165) is 13.2 Å². The quantitative estimate of drug-likeness (QED) is 0.417. The first-order valence-corrected chi connectivity index (χ1v) is 5.85. The highest BCUT2D eigenvalue weighted by Gasteiger charge is 1.92. The predicted molar refractivity (Wildman–Crippen MR) is 38.8 cm³/mol. The van der Waals surface area contributed by atoms with Gasteiger partial charge >= 0.3 is 0 Å². The molecule has 0 amide bonds. The largest absolute Gasteiger partial charge is 0.382 e. The Morgan fingerprint density at radius 3 is 2.38 bits per heavy atom. The Morgan fingerprint density at radius 1 is 1.38 bits per heavy atom. The Hall–Kier alpha value is 0.177. The number of hydrogen-bond acceptors (Lipinski definition) is 1. The van der Waals surface area contributed by atoms with Crippen LogP contribution in [0.15, 0.2) is 0 Å². The number of rotatable bonds is 4. The molecule has 8 heavy (non-hydrogen) atoms. The van der Waals surface area contributed by atoms with Gasteiger partial charge in [0.05, 0.1) is 0 Å². The standard InChI is InChI=1S/C6H15OSi/c1-4-7-5-6-8(2)3/h4-6H2,1-3H3. The van der Waals surface area contributed by atoms with Crippen molar-refractivity contribution in [1.82, 2.24) is 0 Å². The summed E-state index contributed by atoms with van der Waals surface area (Å²) in [7, 11) is -0.0321. The molecule has 0 heterocycles. The van der Waals surface area contributed by atoms with Gasteiger partial charge in [0.1, 0.15) is 0 Å². The van der Waals surface area contributed by atoms with Crippen molar-refractivity contribution in [3.05, 3.63) is 0 Å². The van der Waals surface area contributed by atoms with Gasteiger partial charge in [-0.05, 0) is 13.0 Å². The zero-order valence-corrected chi connectivity index (χ0v) is 7.03. The van der Waals surface area contributed by atoms with E-state index in [0.29, 0.717) is 0 Å². The molecule has 0 aliphatic rings. The van der Waals surface area contributed by atoms with Crippen molar-refractivity contribution in [2.45, 2.75) is 26.1 Å². The Labute approximate surface area is 53.7 Å². The minimum Gasteiger partial charge on any atom is -0.382 e. The van der Waals surface area contributed by atoms with Gasteiger partial charge in [0, 0.05) is 22.0 Å². The van der Waals surface area contributed by atoms with E-state index in [1.165, 1.54) is 6.04 Å². The highest BCUT2D eigenvalue weighted by Crippen LogP contribution is 1.90. The highest BCUT2D eigenvalue weighted by molar-refractivity contribution is 6.55. The Morgan fingerprint density at radius 2 is 2.00 bits per heavy atom. The molecule has 0 aromatic carbocycles. The van der Waals surface area contributed by atoms with E-state index in [1.807, 2.05) is 6.92 Å². The van der Waals surface area contributed by atoms with Gasteiger partial charge in [0.2, 0.25) is 0 Å². The third-order valence-corrected chi connectivity index (χ3v) is 2.15. The fourth-order valence-corrected chi connectivity index (χ4v) is 0.973. The van der Waals surface area contributed by atoms with Crippen LogP contribution in [0.25, 0.3) is 0 Å². The first-order valence-electron chi connectivity index (χ1n) is 3.14. The molecule has 49 valence electrons. The van der Waals surface area contributed by atoms with Gasteiger partial charge in [0.15, 0.2) is 0 Å². The number of ether oxygens (including phenoxy) is 1. The van der Waals surface area contributed by atoms with E-state index >= 15 is 0 Å². The molecule has 1 nitrogen and oxygen atoms in total. The van der Waals surface area contributed by atoms with Crippen molar-refractivity contribution in [3.8, 4) is 0 Å². The van der Waals surface area contributed by atoms with Crippen molar-refractivity contribution in [1.29, 1.82) is 0 Å². The number of hydrogen-bond donors (Lipinski definition) is 0. The molecule has 0 saturated carbocycles. The predicted octanol–water partition coefficient (Wildman–Crippen LogP) is 1.78. The van der Waals surface area contributed by atoms with Crippen LogP contribution in [0, 0.1) is 0 Å². The zero-order valence-electron chi connectivity index (χ0n) is 6.03. The molecule has 0 spiro atoms. The topological polar surface area (TPSA) is 9.23 Å². The summed E-state index contributed by atoms with van der Waals surface area (Å²) in [6.07, 6.45) is 0. The van der Waals surface area contributed by atoms with Crippen LogP contribution in [-0.2, 0) is 4.74 Å². The maximum atomic E-state index is 5.17. The lowest BCUT2D eigenvalue weighted by Crippen LogP contribution is -2.04. The molecule has 0 aliphatic carbocycles. The van der Waals surface area contributed by atoms with E-state index in [1.54, 1.807) is 0 Å².